The number of benzene rings is 3. The number of hydrogen-bond donors (Lipinski definition) is 1. The van der Waals surface area contributed by atoms with Crippen LogP contribution in [-0.2, 0) is 0 Å². The topological polar surface area (TPSA) is 29.5 Å². The molecule has 1 heterocycles. The van der Waals surface area contributed by atoms with Crippen LogP contribution in [0.3, 0.4) is 0 Å². The third kappa shape index (κ3) is 2.17. The first kappa shape index (κ1) is 13.4. The van der Waals surface area contributed by atoms with Crippen molar-refractivity contribution >= 4 is 39.2 Å². The Bertz CT molecular complexity index is 962. The van der Waals surface area contributed by atoms with Gasteiger partial charge in [0.25, 0.3) is 0 Å². The van der Waals surface area contributed by atoms with Gasteiger partial charge in [-0.3, -0.25) is 0 Å². The number of fused-ring (bicyclic) bond motifs is 3. The summed E-state index contributed by atoms with van der Waals surface area (Å²) >= 11 is 1.81. The molecular weight excluding hydrogens is 291 g/mol. The Kier molecular flexibility index (Phi) is 3.33. The SMILES string of the molecule is OBOc1cccc(-c2cccc3c2sc2ccccc23)c1. The summed E-state index contributed by atoms with van der Waals surface area (Å²) in [6.45, 7) is 0. The lowest BCUT2D eigenvalue weighted by Gasteiger charge is -2.07. The molecular formula is C18H13BO2S. The highest BCUT2D eigenvalue weighted by molar-refractivity contribution is 7.26. The zero-order valence-corrected chi connectivity index (χ0v) is 12.6. The average molecular weight is 304 g/mol. The van der Waals surface area contributed by atoms with Crippen LogP contribution in [0, 0.1) is 0 Å². The van der Waals surface area contributed by atoms with Gasteiger partial charge in [0.05, 0.1) is 0 Å². The highest BCUT2D eigenvalue weighted by Gasteiger charge is 2.10. The average Bonchev–Trinajstić information content (AvgIpc) is 2.94. The van der Waals surface area contributed by atoms with E-state index in [0.29, 0.717) is 5.75 Å². The van der Waals surface area contributed by atoms with E-state index in [4.69, 9.17) is 9.68 Å². The molecule has 0 atom stereocenters. The molecule has 0 saturated heterocycles. The maximum Gasteiger partial charge on any atom is 0.504 e. The van der Waals surface area contributed by atoms with E-state index in [2.05, 4.69) is 48.5 Å². The summed E-state index contributed by atoms with van der Waals surface area (Å²) in [6, 6.07) is 22.7. The number of hydrogen-bond acceptors (Lipinski definition) is 3. The highest BCUT2D eigenvalue weighted by atomic mass is 32.1. The van der Waals surface area contributed by atoms with Crippen molar-refractivity contribution in [2.45, 2.75) is 0 Å². The zero-order valence-electron chi connectivity index (χ0n) is 11.8. The van der Waals surface area contributed by atoms with Gasteiger partial charge < -0.3 is 9.68 Å². The van der Waals surface area contributed by atoms with E-state index < -0.39 is 0 Å². The molecule has 0 radical (unpaired) electrons. The minimum Gasteiger partial charge on any atom is -0.539 e. The summed E-state index contributed by atoms with van der Waals surface area (Å²) in [5.74, 6) is 0.679. The monoisotopic (exact) mass is 304 g/mol. The first-order chi connectivity index (χ1) is 10.9. The summed E-state index contributed by atoms with van der Waals surface area (Å²) in [5, 5.41) is 11.5. The molecule has 0 unspecified atom stereocenters. The molecule has 0 saturated carbocycles. The summed E-state index contributed by atoms with van der Waals surface area (Å²) in [5.41, 5.74) is 2.30. The molecule has 4 rings (SSSR count). The van der Waals surface area contributed by atoms with Crippen molar-refractivity contribution < 1.29 is 9.68 Å². The van der Waals surface area contributed by atoms with Crippen molar-refractivity contribution in [2.24, 2.45) is 0 Å². The van der Waals surface area contributed by atoms with E-state index in [-0.39, 0.29) is 7.69 Å². The molecule has 0 aliphatic rings. The van der Waals surface area contributed by atoms with Crippen molar-refractivity contribution in [3.8, 4) is 16.9 Å². The fraction of sp³-hybridized carbons (Fsp3) is 0. The predicted octanol–water partition coefficient (Wildman–Crippen LogP) is 4.36. The second kappa shape index (κ2) is 5.48. The van der Waals surface area contributed by atoms with Crippen molar-refractivity contribution in [2.75, 3.05) is 0 Å². The van der Waals surface area contributed by atoms with Crippen molar-refractivity contribution in [1.29, 1.82) is 0 Å². The molecule has 3 aromatic carbocycles. The third-order valence-electron chi connectivity index (χ3n) is 3.78. The normalized spacial score (nSPS) is 11.0. The standard InChI is InChI=1S/C18H13BO2S/c20-19-21-13-6-3-5-12(11-13)14-8-4-9-16-15-7-1-2-10-17(15)22-18(14)16/h1-11,19-20H. The van der Waals surface area contributed by atoms with Gasteiger partial charge in [0.1, 0.15) is 5.75 Å². The van der Waals surface area contributed by atoms with Crippen molar-refractivity contribution in [3.63, 3.8) is 0 Å². The van der Waals surface area contributed by atoms with Crippen LogP contribution < -0.4 is 4.65 Å². The van der Waals surface area contributed by atoms with Crippen molar-refractivity contribution in [3.05, 3.63) is 66.7 Å². The van der Waals surface area contributed by atoms with Crippen LogP contribution in [0.15, 0.2) is 66.7 Å². The first-order valence-electron chi connectivity index (χ1n) is 7.11. The van der Waals surface area contributed by atoms with Crippen LogP contribution in [-0.4, -0.2) is 12.7 Å². The summed E-state index contributed by atoms with van der Waals surface area (Å²) in [4.78, 5) is 0. The molecule has 0 aliphatic carbocycles. The fourth-order valence-corrected chi connectivity index (χ4v) is 4.04. The third-order valence-corrected chi connectivity index (χ3v) is 5.00. The van der Waals surface area contributed by atoms with E-state index in [1.165, 1.54) is 25.7 Å². The minimum atomic E-state index is -0.309. The lowest BCUT2D eigenvalue weighted by atomic mass is 10.0. The molecule has 22 heavy (non-hydrogen) atoms. The Balaban J connectivity index is 1.97. The van der Waals surface area contributed by atoms with Gasteiger partial charge >= 0.3 is 7.69 Å². The number of rotatable bonds is 3. The molecule has 0 bridgehead atoms. The molecule has 4 heteroatoms. The molecule has 1 aromatic heterocycles. The van der Waals surface area contributed by atoms with E-state index in [1.807, 2.05) is 29.5 Å². The zero-order chi connectivity index (χ0) is 14.9. The summed E-state index contributed by atoms with van der Waals surface area (Å²) in [6.07, 6.45) is 0. The Labute approximate surface area is 132 Å². The van der Waals surface area contributed by atoms with Crippen LogP contribution >= 0.6 is 11.3 Å². The van der Waals surface area contributed by atoms with Crippen LogP contribution in [0.2, 0.25) is 0 Å². The Morgan fingerprint density at radius 2 is 1.68 bits per heavy atom. The molecule has 4 aromatic rings. The quantitative estimate of drug-likeness (QED) is 0.570. The molecule has 2 nitrogen and oxygen atoms in total. The van der Waals surface area contributed by atoms with Gasteiger partial charge in [-0.2, -0.15) is 0 Å². The Hall–Kier alpha value is -2.30. The van der Waals surface area contributed by atoms with Crippen LogP contribution in [0.1, 0.15) is 0 Å². The van der Waals surface area contributed by atoms with E-state index in [0.717, 1.165) is 5.56 Å². The van der Waals surface area contributed by atoms with Crippen LogP contribution in [0.25, 0.3) is 31.3 Å². The number of thiophene rings is 1. The van der Waals surface area contributed by atoms with Gasteiger partial charge in [-0.05, 0) is 29.3 Å². The van der Waals surface area contributed by atoms with Gasteiger partial charge in [0, 0.05) is 20.2 Å². The van der Waals surface area contributed by atoms with Crippen molar-refractivity contribution in [1.82, 2.24) is 0 Å². The molecule has 0 fully saturated rings. The van der Waals surface area contributed by atoms with Gasteiger partial charge in [0.2, 0.25) is 0 Å². The minimum absolute atomic E-state index is 0.309. The summed E-state index contributed by atoms with van der Waals surface area (Å²) in [7, 11) is -0.309. The van der Waals surface area contributed by atoms with Gasteiger partial charge in [0.15, 0.2) is 0 Å². The predicted molar refractivity (Wildman–Crippen MR) is 94.8 cm³/mol. The highest BCUT2D eigenvalue weighted by Crippen LogP contribution is 2.40. The van der Waals surface area contributed by atoms with E-state index in [1.54, 1.807) is 0 Å². The van der Waals surface area contributed by atoms with Gasteiger partial charge in [-0.1, -0.05) is 48.5 Å². The van der Waals surface area contributed by atoms with E-state index >= 15 is 0 Å². The Morgan fingerprint density at radius 3 is 2.59 bits per heavy atom. The van der Waals surface area contributed by atoms with Crippen LogP contribution in [0.5, 0.6) is 5.75 Å². The fourth-order valence-electron chi connectivity index (χ4n) is 2.80. The lowest BCUT2D eigenvalue weighted by Crippen LogP contribution is -1.99. The first-order valence-corrected chi connectivity index (χ1v) is 7.93. The second-order valence-corrected chi connectivity index (χ2v) is 6.13. The second-order valence-electron chi connectivity index (χ2n) is 5.08. The maximum atomic E-state index is 8.93. The van der Waals surface area contributed by atoms with E-state index in [9.17, 15) is 0 Å². The maximum absolute atomic E-state index is 8.93. The van der Waals surface area contributed by atoms with Gasteiger partial charge in [-0.25, -0.2) is 0 Å². The Morgan fingerprint density at radius 1 is 0.864 bits per heavy atom. The van der Waals surface area contributed by atoms with Gasteiger partial charge in [-0.15, -0.1) is 11.3 Å². The largest absolute Gasteiger partial charge is 0.539 e. The molecule has 1 N–H and O–H groups in total. The molecule has 0 amide bonds. The molecule has 106 valence electrons. The lowest BCUT2D eigenvalue weighted by molar-refractivity contribution is 0.454. The van der Waals surface area contributed by atoms with Crippen LogP contribution in [0.4, 0.5) is 0 Å². The smallest absolute Gasteiger partial charge is 0.504 e. The molecule has 0 spiro atoms. The molecule has 0 aliphatic heterocycles. The summed E-state index contributed by atoms with van der Waals surface area (Å²) < 4.78 is 7.78.